The normalized spacial score (nSPS) is 10.7. The van der Waals surface area contributed by atoms with Crippen molar-refractivity contribution in [3.8, 4) is 17.2 Å². The van der Waals surface area contributed by atoms with Gasteiger partial charge in [-0.25, -0.2) is 9.59 Å². The topological polar surface area (TPSA) is 127 Å². The van der Waals surface area contributed by atoms with Gasteiger partial charge in [-0.3, -0.25) is 9.59 Å². The maximum Gasteiger partial charge on any atom is 0.343 e. The fourth-order valence-electron chi connectivity index (χ4n) is 4.41. The molecule has 4 aromatic carbocycles. The number of hydrogen-bond acceptors (Lipinski definition) is 8. The molecule has 0 atom stereocenters. The minimum atomic E-state index is -1.11. The first-order chi connectivity index (χ1) is 20.7. The van der Waals surface area contributed by atoms with Crippen LogP contribution in [0.15, 0.2) is 84.9 Å². The van der Waals surface area contributed by atoms with Crippen LogP contribution in [0.2, 0.25) is 5.02 Å². The Bertz CT molecular complexity index is 1630. The van der Waals surface area contributed by atoms with Crippen molar-refractivity contribution in [1.82, 2.24) is 0 Å². The molecule has 43 heavy (non-hydrogen) atoms. The molecule has 220 valence electrons. The first-order valence-electron chi connectivity index (χ1n) is 13.7. The van der Waals surface area contributed by atoms with E-state index >= 15 is 0 Å². The maximum absolute atomic E-state index is 14.1. The number of unbranched alkanes of at least 4 members (excludes halogenated alkanes) is 3. The highest BCUT2D eigenvalue weighted by Gasteiger charge is 2.37. The molecule has 0 aliphatic carbocycles. The van der Waals surface area contributed by atoms with Crippen LogP contribution in [0.25, 0.3) is 0 Å². The van der Waals surface area contributed by atoms with Crippen molar-refractivity contribution >= 4 is 35.1 Å². The second kappa shape index (κ2) is 14.3. The smallest absolute Gasteiger partial charge is 0.343 e. The molecule has 0 aliphatic heterocycles. The number of esters is 2. The van der Waals surface area contributed by atoms with Gasteiger partial charge in [0.25, 0.3) is 0 Å². The molecule has 0 radical (unpaired) electrons. The van der Waals surface area contributed by atoms with E-state index in [-0.39, 0.29) is 23.3 Å². The van der Waals surface area contributed by atoms with Crippen LogP contribution < -0.4 is 4.74 Å². The highest BCUT2D eigenvalue weighted by Crippen LogP contribution is 2.46. The van der Waals surface area contributed by atoms with Gasteiger partial charge in [0.1, 0.15) is 0 Å². The lowest BCUT2D eigenvalue weighted by molar-refractivity contribution is 0.0489. The predicted molar refractivity (Wildman–Crippen MR) is 160 cm³/mol. The largest absolute Gasteiger partial charge is 0.504 e. The van der Waals surface area contributed by atoms with Crippen LogP contribution in [0.5, 0.6) is 17.2 Å². The molecule has 0 amide bonds. The van der Waals surface area contributed by atoms with Crippen molar-refractivity contribution < 1.29 is 38.9 Å². The van der Waals surface area contributed by atoms with Gasteiger partial charge in [0.15, 0.2) is 23.1 Å². The lowest BCUT2D eigenvalue weighted by Crippen LogP contribution is -2.22. The first-order valence-corrected chi connectivity index (χ1v) is 14.1. The number of aromatic hydroxyl groups is 2. The number of halogens is 1. The Hall–Kier alpha value is -4.95. The number of phenolic OH excluding ortho intramolecular Hbond substituents is 2. The van der Waals surface area contributed by atoms with Crippen molar-refractivity contribution in [3.63, 3.8) is 0 Å². The van der Waals surface area contributed by atoms with Gasteiger partial charge in [0.05, 0.1) is 28.9 Å². The third-order valence-corrected chi connectivity index (χ3v) is 6.89. The SMILES string of the molecule is CCCCCCOC(=O)c1c(C(=O)c2ccccc2)c(O)c(O)c(OC(=O)c2ccccc2)c1C(=O)c1ccc(Cl)cc1. The molecule has 4 aromatic rings. The van der Waals surface area contributed by atoms with Crippen LogP contribution in [-0.2, 0) is 4.74 Å². The zero-order valence-electron chi connectivity index (χ0n) is 23.3. The van der Waals surface area contributed by atoms with Gasteiger partial charge in [-0.2, -0.15) is 0 Å². The van der Waals surface area contributed by atoms with Crippen LogP contribution in [0.3, 0.4) is 0 Å². The van der Waals surface area contributed by atoms with Gasteiger partial charge in [-0.15, -0.1) is 0 Å². The fourth-order valence-corrected chi connectivity index (χ4v) is 4.54. The molecule has 0 aliphatic rings. The average molecular weight is 601 g/mol. The first kappa shape index (κ1) is 31.0. The van der Waals surface area contributed by atoms with Crippen LogP contribution in [0.1, 0.15) is 85.2 Å². The molecular formula is C34H29ClO8. The van der Waals surface area contributed by atoms with E-state index < -0.39 is 57.4 Å². The Morgan fingerprint density at radius 1 is 0.628 bits per heavy atom. The summed E-state index contributed by atoms with van der Waals surface area (Å²) in [5.74, 6) is -6.76. The van der Waals surface area contributed by atoms with Gasteiger partial charge in [0.2, 0.25) is 5.75 Å². The highest BCUT2D eigenvalue weighted by atomic mass is 35.5. The van der Waals surface area contributed by atoms with Crippen molar-refractivity contribution in [2.75, 3.05) is 6.61 Å². The van der Waals surface area contributed by atoms with Crippen LogP contribution in [-0.4, -0.2) is 40.3 Å². The minimum absolute atomic E-state index is 0.00149. The number of hydrogen-bond donors (Lipinski definition) is 2. The quantitative estimate of drug-likeness (QED) is 0.0576. The number of ether oxygens (including phenoxy) is 2. The van der Waals surface area contributed by atoms with Crippen molar-refractivity contribution in [3.05, 3.63) is 123 Å². The second-order valence-electron chi connectivity index (χ2n) is 9.63. The monoisotopic (exact) mass is 600 g/mol. The van der Waals surface area contributed by atoms with E-state index in [9.17, 15) is 29.4 Å². The second-order valence-corrected chi connectivity index (χ2v) is 10.1. The third kappa shape index (κ3) is 7.10. The van der Waals surface area contributed by atoms with E-state index in [4.69, 9.17) is 21.1 Å². The number of benzene rings is 4. The summed E-state index contributed by atoms with van der Waals surface area (Å²) in [5.41, 5.74) is -1.81. The average Bonchev–Trinajstić information content (AvgIpc) is 3.03. The lowest BCUT2D eigenvalue weighted by Gasteiger charge is -2.20. The highest BCUT2D eigenvalue weighted by molar-refractivity contribution is 6.31. The van der Waals surface area contributed by atoms with Crippen molar-refractivity contribution in [1.29, 1.82) is 0 Å². The predicted octanol–water partition coefficient (Wildman–Crippen LogP) is 7.17. The van der Waals surface area contributed by atoms with Crippen molar-refractivity contribution in [2.45, 2.75) is 32.6 Å². The molecule has 0 bridgehead atoms. The van der Waals surface area contributed by atoms with Crippen LogP contribution >= 0.6 is 11.6 Å². The van der Waals surface area contributed by atoms with Gasteiger partial charge in [0, 0.05) is 16.1 Å². The Balaban J connectivity index is 1.97. The van der Waals surface area contributed by atoms with Crippen LogP contribution in [0.4, 0.5) is 0 Å². The molecule has 8 nitrogen and oxygen atoms in total. The Morgan fingerprint density at radius 2 is 1.19 bits per heavy atom. The van der Waals surface area contributed by atoms with E-state index in [0.717, 1.165) is 19.3 Å². The number of carbonyl (C=O) groups excluding carboxylic acids is 4. The molecular weight excluding hydrogens is 572 g/mol. The summed E-state index contributed by atoms with van der Waals surface area (Å²) in [6, 6.07) is 21.0. The standard InChI is InChI=1S/C34H29ClO8/c1-2-3-4-11-20-42-34(41)25-26(28(36)21-12-7-5-8-13-21)30(38)31(39)32(43-33(40)23-14-9-6-10-15-23)27(25)29(37)22-16-18-24(35)19-17-22/h5-10,12-19,38-39H,2-4,11,20H2,1H3. The molecule has 0 saturated carbocycles. The molecule has 0 unspecified atom stereocenters. The summed E-state index contributed by atoms with van der Waals surface area (Å²) >= 11 is 6.01. The molecule has 0 heterocycles. The Kier molecular flexibility index (Phi) is 10.3. The van der Waals surface area contributed by atoms with Gasteiger partial charge in [-0.1, -0.05) is 86.3 Å². The van der Waals surface area contributed by atoms with E-state index in [2.05, 4.69) is 0 Å². The molecule has 0 aromatic heterocycles. The molecule has 0 spiro atoms. The van der Waals surface area contributed by atoms with E-state index in [1.807, 2.05) is 6.92 Å². The van der Waals surface area contributed by atoms with E-state index in [1.54, 1.807) is 36.4 Å². The van der Waals surface area contributed by atoms with Crippen LogP contribution in [0, 0.1) is 0 Å². The summed E-state index contributed by atoms with van der Waals surface area (Å²) in [5, 5.41) is 22.7. The zero-order valence-corrected chi connectivity index (χ0v) is 24.1. The molecule has 4 rings (SSSR count). The number of carbonyl (C=O) groups is 4. The number of phenols is 2. The third-order valence-electron chi connectivity index (χ3n) is 6.64. The molecule has 0 saturated heterocycles. The van der Waals surface area contributed by atoms with E-state index in [0.29, 0.717) is 11.4 Å². The number of ketones is 2. The summed E-state index contributed by atoms with van der Waals surface area (Å²) in [6.45, 7) is 1.99. The summed E-state index contributed by atoms with van der Waals surface area (Å²) in [6.07, 6.45) is 3.15. The summed E-state index contributed by atoms with van der Waals surface area (Å²) in [4.78, 5) is 54.7. The summed E-state index contributed by atoms with van der Waals surface area (Å²) < 4.78 is 11.0. The molecule has 0 fully saturated rings. The minimum Gasteiger partial charge on any atom is -0.504 e. The molecule has 9 heteroatoms. The van der Waals surface area contributed by atoms with Gasteiger partial charge >= 0.3 is 11.9 Å². The lowest BCUT2D eigenvalue weighted by atomic mass is 9.88. The van der Waals surface area contributed by atoms with E-state index in [1.165, 1.54) is 48.5 Å². The zero-order chi connectivity index (χ0) is 30.9. The molecule has 2 N–H and O–H groups in total. The fraction of sp³-hybridized carbons (Fsp3) is 0.176. The number of rotatable bonds is 12. The Morgan fingerprint density at radius 3 is 1.79 bits per heavy atom. The van der Waals surface area contributed by atoms with Crippen molar-refractivity contribution in [2.24, 2.45) is 0 Å². The summed E-state index contributed by atoms with van der Waals surface area (Å²) in [7, 11) is 0. The maximum atomic E-state index is 14.1. The van der Waals surface area contributed by atoms with Gasteiger partial charge in [-0.05, 0) is 42.8 Å². The Labute approximate surface area is 253 Å². The van der Waals surface area contributed by atoms with Gasteiger partial charge < -0.3 is 19.7 Å².